The fourth-order valence-electron chi connectivity index (χ4n) is 3.61. The number of esters is 1. The highest BCUT2D eigenvalue weighted by Gasteiger charge is 2.19. The topological polar surface area (TPSA) is 176 Å². The van der Waals surface area contributed by atoms with E-state index in [-0.39, 0.29) is 36.2 Å². The third-order valence-electron chi connectivity index (χ3n) is 5.49. The van der Waals surface area contributed by atoms with Gasteiger partial charge in [-0.15, -0.1) is 0 Å². The SMILES string of the molecule is CCCCS(=O)(=O)CCOC(=O)Cc1c(-c2ccc(C(=N)N)cc2)[nH]c2cc(C(=N)N)ccc12. The molecule has 0 aliphatic heterocycles. The molecule has 0 bridgehead atoms. The van der Waals surface area contributed by atoms with Crippen LogP contribution in [0.25, 0.3) is 22.2 Å². The Bertz CT molecular complexity index is 1330. The predicted molar refractivity (Wildman–Crippen MR) is 134 cm³/mol. The first kappa shape index (κ1) is 25.0. The van der Waals surface area contributed by atoms with E-state index in [9.17, 15) is 13.2 Å². The molecule has 0 saturated heterocycles. The first-order valence-corrected chi connectivity index (χ1v) is 12.7. The largest absolute Gasteiger partial charge is 0.464 e. The summed E-state index contributed by atoms with van der Waals surface area (Å²) in [6.07, 6.45) is 1.29. The molecule has 0 amide bonds. The zero-order chi connectivity index (χ0) is 24.9. The van der Waals surface area contributed by atoms with Crippen molar-refractivity contribution in [3.8, 4) is 11.3 Å². The quantitative estimate of drug-likeness (QED) is 0.159. The highest BCUT2D eigenvalue weighted by atomic mass is 32.2. The van der Waals surface area contributed by atoms with Gasteiger partial charge in [0.15, 0.2) is 9.84 Å². The summed E-state index contributed by atoms with van der Waals surface area (Å²) in [5.74, 6) is -0.777. The van der Waals surface area contributed by atoms with Crippen LogP contribution >= 0.6 is 0 Å². The highest BCUT2D eigenvalue weighted by molar-refractivity contribution is 7.91. The fourth-order valence-corrected chi connectivity index (χ4v) is 4.88. The number of ether oxygens (including phenoxy) is 1. The van der Waals surface area contributed by atoms with Crippen LogP contribution < -0.4 is 11.5 Å². The molecule has 3 aromatic rings. The van der Waals surface area contributed by atoms with E-state index in [0.29, 0.717) is 34.3 Å². The lowest BCUT2D eigenvalue weighted by molar-refractivity contribution is -0.142. The number of carbonyl (C=O) groups is 1. The number of fused-ring (bicyclic) bond motifs is 1. The van der Waals surface area contributed by atoms with Gasteiger partial charge in [0.25, 0.3) is 0 Å². The molecule has 0 spiro atoms. The number of unbranched alkanes of at least 4 members (excludes halogenated alkanes) is 1. The molecule has 0 unspecified atom stereocenters. The maximum atomic E-state index is 12.6. The smallest absolute Gasteiger partial charge is 0.310 e. The maximum absolute atomic E-state index is 12.6. The third kappa shape index (κ3) is 6.02. The standard InChI is InChI=1S/C24H29N5O4S/c1-2-3-11-34(31,32)12-10-33-21(30)14-19-18-9-8-17(24(27)28)13-20(18)29-22(19)15-4-6-16(7-5-15)23(25)26/h4-9,13,29H,2-3,10-12,14H2,1H3,(H3,25,26)(H3,27,28). The second-order valence-corrected chi connectivity index (χ2v) is 10.3. The molecule has 9 nitrogen and oxygen atoms in total. The molecule has 1 heterocycles. The highest BCUT2D eigenvalue weighted by Crippen LogP contribution is 2.32. The van der Waals surface area contributed by atoms with E-state index in [2.05, 4.69) is 4.98 Å². The van der Waals surface area contributed by atoms with E-state index in [0.717, 1.165) is 17.4 Å². The summed E-state index contributed by atoms with van der Waals surface area (Å²) in [7, 11) is -3.25. The van der Waals surface area contributed by atoms with Crippen molar-refractivity contribution < 1.29 is 17.9 Å². The number of aromatic amines is 1. The molecule has 0 saturated carbocycles. The van der Waals surface area contributed by atoms with Crippen LogP contribution in [0.3, 0.4) is 0 Å². The van der Waals surface area contributed by atoms with Crippen molar-refractivity contribution >= 4 is 38.4 Å². The van der Waals surface area contributed by atoms with Crippen LogP contribution in [0.4, 0.5) is 0 Å². The molecular weight excluding hydrogens is 454 g/mol. The molecule has 180 valence electrons. The predicted octanol–water partition coefficient (Wildman–Crippen LogP) is 2.70. The average Bonchev–Trinajstić information content (AvgIpc) is 3.15. The number of nitrogens with two attached hydrogens (primary N) is 2. The van der Waals surface area contributed by atoms with Crippen LogP contribution in [-0.2, 0) is 25.8 Å². The van der Waals surface area contributed by atoms with Crippen molar-refractivity contribution in [3.63, 3.8) is 0 Å². The van der Waals surface area contributed by atoms with Crippen molar-refractivity contribution in [2.24, 2.45) is 11.5 Å². The minimum Gasteiger partial charge on any atom is -0.464 e. The van der Waals surface area contributed by atoms with E-state index < -0.39 is 15.8 Å². The normalized spacial score (nSPS) is 11.4. The Morgan fingerprint density at radius 3 is 2.26 bits per heavy atom. The molecule has 0 atom stereocenters. The van der Waals surface area contributed by atoms with Crippen molar-refractivity contribution in [2.75, 3.05) is 18.1 Å². The van der Waals surface area contributed by atoms with Gasteiger partial charge in [0.05, 0.1) is 23.6 Å². The van der Waals surface area contributed by atoms with Gasteiger partial charge in [0.1, 0.15) is 18.3 Å². The molecule has 0 radical (unpaired) electrons. The van der Waals surface area contributed by atoms with E-state index in [1.165, 1.54) is 0 Å². The molecule has 7 N–H and O–H groups in total. The molecular formula is C24H29N5O4S. The summed E-state index contributed by atoms with van der Waals surface area (Å²) in [4.78, 5) is 15.9. The molecule has 3 rings (SSSR count). The van der Waals surface area contributed by atoms with E-state index >= 15 is 0 Å². The molecule has 1 aromatic heterocycles. The molecule has 34 heavy (non-hydrogen) atoms. The van der Waals surface area contributed by atoms with Gasteiger partial charge in [-0.1, -0.05) is 49.7 Å². The zero-order valence-electron chi connectivity index (χ0n) is 19.0. The summed E-state index contributed by atoms with van der Waals surface area (Å²) in [6, 6.07) is 12.2. The number of H-pyrrole nitrogens is 1. The summed E-state index contributed by atoms with van der Waals surface area (Å²) in [5, 5.41) is 16.0. The number of sulfone groups is 1. The number of benzene rings is 2. The number of rotatable bonds is 11. The van der Waals surface area contributed by atoms with Crippen LogP contribution in [0, 0.1) is 10.8 Å². The van der Waals surface area contributed by atoms with Crippen molar-refractivity contribution in [1.29, 1.82) is 10.8 Å². The van der Waals surface area contributed by atoms with Crippen LogP contribution in [0.1, 0.15) is 36.5 Å². The Labute approximate surface area is 198 Å². The summed E-state index contributed by atoms with van der Waals surface area (Å²) < 4.78 is 29.3. The maximum Gasteiger partial charge on any atom is 0.310 e. The monoisotopic (exact) mass is 483 g/mol. The van der Waals surface area contributed by atoms with E-state index in [1.54, 1.807) is 42.5 Å². The Kier molecular flexibility index (Phi) is 7.72. The van der Waals surface area contributed by atoms with E-state index in [1.807, 2.05) is 6.92 Å². The number of nitrogens with one attached hydrogen (secondary N) is 3. The molecule has 10 heteroatoms. The lowest BCUT2D eigenvalue weighted by Gasteiger charge is -2.08. The lowest BCUT2D eigenvalue weighted by atomic mass is 10.0. The van der Waals surface area contributed by atoms with Crippen molar-refractivity contribution in [3.05, 3.63) is 59.2 Å². The third-order valence-corrected chi connectivity index (χ3v) is 7.19. The number of aromatic nitrogens is 1. The molecule has 2 aromatic carbocycles. The van der Waals surface area contributed by atoms with Gasteiger partial charge in [-0.25, -0.2) is 8.42 Å². The fraction of sp³-hybridized carbons (Fsp3) is 0.292. The summed E-state index contributed by atoms with van der Waals surface area (Å²) >= 11 is 0. The van der Waals surface area contributed by atoms with Crippen LogP contribution in [-0.4, -0.2) is 49.2 Å². The second-order valence-electron chi connectivity index (χ2n) is 8.05. The minimum absolute atomic E-state index is 0.0491. The van der Waals surface area contributed by atoms with Gasteiger partial charge in [-0.2, -0.15) is 0 Å². The van der Waals surface area contributed by atoms with Gasteiger partial charge >= 0.3 is 5.97 Å². The first-order chi connectivity index (χ1) is 16.1. The molecule has 0 fully saturated rings. The average molecular weight is 484 g/mol. The van der Waals surface area contributed by atoms with Gasteiger partial charge in [-0.3, -0.25) is 15.6 Å². The number of carbonyl (C=O) groups excluding carboxylic acids is 1. The number of nitrogen functional groups attached to an aromatic ring is 2. The zero-order valence-corrected chi connectivity index (χ0v) is 19.8. The van der Waals surface area contributed by atoms with Crippen molar-refractivity contribution in [1.82, 2.24) is 4.98 Å². The van der Waals surface area contributed by atoms with Crippen LogP contribution in [0.5, 0.6) is 0 Å². The van der Waals surface area contributed by atoms with Gasteiger partial charge in [-0.05, 0) is 23.6 Å². The number of hydrogen-bond acceptors (Lipinski definition) is 6. The van der Waals surface area contributed by atoms with Gasteiger partial charge < -0.3 is 21.2 Å². The Morgan fingerprint density at radius 1 is 1.00 bits per heavy atom. The number of hydrogen-bond donors (Lipinski definition) is 5. The second kappa shape index (κ2) is 10.5. The number of amidine groups is 2. The molecule has 0 aliphatic carbocycles. The summed E-state index contributed by atoms with van der Waals surface area (Å²) in [6.45, 7) is 1.73. The minimum atomic E-state index is -3.25. The van der Waals surface area contributed by atoms with Crippen LogP contribution in [0.15, 0.2) is 42.5 Å². The molecule has 0 aliphatic rings. The van der Waals surface area contributed by atoms with Crippen LogP contribution in [0.2, 0.25) is 0 Å². The van der Waals surface area contributed by atoms with Gasteiger partial charge in [0, 0.05) is 22.0 Å². The first-order valence-electron chi connectivity index (χ1n) is 10.9. The van der Waals surface area contributed by atoms with Crippen molar-refractivity contribution in [2.45, 2.75) is 26.2 Å². The summed E-state index contributed by atoms with van der Waals surface area (Å²) in [5.41, 5.74) is 15.1. The van der Waals surface area contributed by atoms with E-state index in [4.69, 9.17) is 27.0 Å². The van der Waals surface area contributed by atoms with Gasteiger partial charge in [0.2, 0.25) is 0 Å². The Balaban J connectivity index is 1.88. The lowest BCUT2D eigenvalue weighted by Crippen LogP contribution is -2.19. The Hall–Kier alpha value is -3.66. The Morgan fingerprint density at radius 2 is 1.65 bits per heavy atom.